The van der Waals surface area contributed by atoms with Gasteiger partial charge >= 0.3 is 11.9 Å². The minimum Gasteiger partial charge on any atom is -0.483 e. The maximum Gasteiger partial charge on any atom is 0.309 e. The second kappa shape index (κ2) is 10.5. The van der Waals surface area contributed by atoms with E-state index in [-0.39, 0.29) is 29.2 Å². The van der Waals surface area contributed by atoms with Crippen LogP contribution in [0.4, 0.5) is 0 Å². The first-order valence-electron chi connectivity index (χ1n) is 14.0. The van der Waals surface area contributed by atoms with Crippen molar-refractivity contribution in [3.8, 4) is 5.75 Å². The molecule has 2 aliphatic carbocycles. The third-order valence-corrected chi connectivity index (χ3v) is 8.28. The quantitative estimate of drug-likeness (QED) is 0.443. The maximum absolute atomic E-state index is 13.5. The van der Waals surface area contributed by atoms with Crippen LogP contribution in [0.3, 0.4) is 0 Å². The summed E-state index contributed by atoms with van der Waals surface area (Å²) in [6.07, 6.45) is 8.12. The Hall–Kier alpha value is -2.83. The molecular weight excluding hydrogens is 472 g/mol. The molecule has 5 rings (SSSR count). The van der Waals surface area contributed by atoms with Crippen molar-refractivity contribution in [2.45, 2.75) is 109 Å². The van der Waals surface area contributed by atoms with Gasteiger partial charge in [-0.3, -0.25) is 14.4 Å². The molecule has 7 heteroatoms. The number of benzene rings is 1. The summed E-state index contributed by atoms with van der Waals surface area (Å²) in [6, 6.07) is 4.90. The molecule has 0 unspecified atom stereocenters. The standard InChI is InChI=1S/C30H38O7/c1-4-20-17-22(31)21-15-16-23-24(25(21)34-20)26(35-28(32)18-11-7-5-8-12-18)27(30(2,3)37-23)36-29(33)19-13-9-6-10-14-19/h15-19,26-27H,4-14H2,1-3H3/t26-,27-/m1/s1. The molecule has 0 spiro atoms. The fourth-order valence-electron chi connectivity index (χ4n) is 6.10. The van der Waals surface area contributed by atoms with Crippen LogP contribution < -0.4 is 10.2 Å². The van der Waals surface area contributed by atoms with Crippen LogP contribution in [0.15, 0.2) is 27.4 Å². The second-order valence-corrected chi connectivity index (χ2v) is 11.4. The van der Waals surface area contributed by atoms with Gasteiger partial charge in [0.25, 0.3) is 0 Å². The minimum absolute atomic E-state index is 0.168. The lowest BCUT2D eigenvalue weighted by Crippen LogP contribution is -2.53. The summed E-state index contributed by atoms with van der Waals surface area (Å²) in [4.78, 5) is 39.7. The van der Waals surface area contributed by atoms with E-state index in [4.69, 9.17) is 18.6 Å². The predicted octanol–water partition coefficient (Wildman–Crippen LogP) is 6.18. The Morgan fingerprint density at radius 3 is 2.11 bits per heavy atom. The molecule has 3 aliphatic rings. The summed E-state index contributed by atoms with van der Waals surface area (Å²) >= 11 is 0. The number of ether oxygens (including phenoxy) is 3. The van der Waals surface area contributed by atoms with Gasteiger partial charge in [0.1, 0.15) is 22.7 Å². The van der Waals surface area contributed by atoms with Crippen LogP contribution in [0.2, 0.25) is 0 Å². The summed E-state index contributed by atoms with van der Waals surface area (Å²) < 4.78 is 25.0. The normalized spacial score (nSPS) is 24.2. The first kappa shape index (κ1) is 25.8. The van der Waals surface area contributed by atoms with Gasteiger partial charge in [-0.1, -0.05) is 45.4 Å². The number of hydrogen-bond donors (Lipinski definition) is 0. The number of aryl methyl sites for hydroxylation is 1. The Morgan fingerprint density at radius 2 is 1.51 bits per heavy atom. The Kier molecular flexibility index (Phi) is 7.32. The number of rotatable bonds is 5. The average molecular weight is 511 g/mol. The lowest BCUT2D eigenvalue weighted by atomic mass is 9.85. The molecule has 1 aromatic heterocycles. The molecule has 2 atom stereocenters. The van der Waals surface area contributed by atoms with Crippen LogP contribution >= 0.6 is 0 Å². The van der Waals surface area contributed by atoms with Crippen LogP contribution in [-0.4, -0.2) is 23.6 Å². The van der Waals surface area contributed by atoms with Crippen molar-refractivity contribution in [1.82, 2.24) is 0 Å². The summed E-state index contributed by atoms with van der Waals surface area (Å²) in [7, 11) is 0. The molecule has 7 nitrogen and oxygen atoms in total. The number of hydrogen-bond acceptors (Lipinski definition) is 7. The highest BCUT2D eigenvalue weighted by molar-refractivity contribution is 5.84. The molecular formula is C30H38O7. The van der Waals surface area contributed by atoms with E-state index in [1.807, 2.05) is 20.8 Å². The maximum atomic E-state index is 13.5. The minimum atomic E-state index is -0.967. The zero-order valence-electron chi connectivity index (χ0n) is 22.2. The number of esters is 2. The van der Waals surface area contributed by atoms with Gasteiger partial charge in [-0.2, -0.15) is 0 Å². The summed E-state index contributed by atoms with van der Waals surface area (Å²) in [5.41, 5.74) is -0.336. The van der Waals surface area contributed by atoms with E-state index in [2.05, 4.69) is 0 Å². The Balaban J connectivity index is 1.60. The van der Waals surface area contributed by atoms with Crippen molar-refractivity contribution in [3.63, 3.8) is 0 Å². The molecule has 0 amide bonds. The van der Waals surface area contributed by atoms with Gasteiger partial charge in [0, 0.05) is 12.5 Å². The van der Waals surface area contributed by atoms with Crippen LogP contribution in [0.1, 0.15) is 102 Å². The summed E-state index contributed by atoms with van der Waals surface area (Å²) in [5.74, 6) is 0.0746. The fourth-order valence-corrected chi connectivity index (χ4v) is 6.10. The van der Waals surface area contributed by atoms with Crippen molar-refractivity contribution in [2.24, 2.45) is 11.8 Å². The summed E-state index contributed by atoms with van der Waals surface area (Å²) in [6.45, 7) is 5.60. The third-order valence-electron chi connectivity index (χ3n) is 8.28. The number of carbonyl (C=O) groups is 2. The van der Waals surface area contributed by atoms with E-state index in [1.54, 1.807) is 12.1 Å². The van der Waals surface area contributed by atoms with Crippen molar-refractivity contribution < 1.29 is 28.2 Å². The molecule has 2 fully saturated rings. The smallest absolute Gasteiger partial charge is 0.309 e. The molecule has 200 valence electrons. The fraction of sp³-hybridized carbons (Fsp3) is 0.633. The molecule has 0 saturated heterocycles. The van der Waals surface area contributed by atoms with Gasteiger partial charge in [-0.05, 0) is 51.7 Å². The van der Waals surface area contributed by atoms with Gasteiger partial charge in [0.15, 0.2) is 17.6 Å². The van der Waals surface area contributed by atoms with Gasteiger partial charge in [-0.25, -0.2) is 0 Å². The second-order valence-electron chi connectivity index (χ2n) is 11.4. The molecule has 2 saturated carbocycles. The molecule has 0 radical (unpaired) electrons. The number of fused-ring (bicyclic) bond motifs is 3. The molecule has 0 bridgehead atoms. The van der Waals surface area contributed by atoms with Crippen LogP contribution in [-0.2, 0) is 25.5 Å². The largest absolute Gasteiger partial charge is 0.483 e. The zero-order chi connectivity index (χ0) is 26.2. The van der Waals surface area contributed by atoms with Crippen LogP contribution in [0.25, 0.3) is 11.0 Å². The lowest BCUT2D eigenvalue weighted by Gasteiger charge is -2.44. The van der Waals surface area contributed by atoms with E-state index in [0.29, 0.717) is 34.5 Å². The van der Waals surface area contributed by atoms with Crippen molar-refractivity contribution in [2.75, 3.05) is 0 Å². The Labute approximate surface area is 217 Å². The van der Waals surface area contributed by atoms with Crippen LogP contribution in [0, 0.1) is 11.8 Å². The van der Waals surface area contributed by atoms with E-state index in [1.165, 1.54) is 6.07 Å². The molecule has 1 aromatic carbocycles. The van der Waals surface area contributed by atoms with E-state index >= 15 is 0 Å². The average Bonchev–Trinajstić information content (AvgIpc) is 2.90. The summed E-state index contributed by atoms with van der Waals surface area (Å²) in [5, 5.41) is 0.385. The first-order valence-corrected chi connectivity index (χ1v) is 14.0. The van der Waals surface area contributed by atoms with Crippen molar-refractivity contribution in [3.05, 3.63) is 39.7 Å². The van der Waals surface area contributed by atoms with Gasteiger partial charge in [-0.15, -0.1) is 0 Å². The van der Waals surface area contributed by atoms with E-state index in [0.717, 1.165) is 64.2 Å². The lowest BCUT2D eigenvalue weighted by molar-refractivity contribution is -0.196. The Morgan fingerprint density at radius 1 is 0.919 bits per heavy atom. The monoisotopic (exact) mass is 510 g/mol. The van der Waals surface area contributed by atoms with Gasteiger partial charge in [0.05, 0.1) is 22.8 Å². The molecule has 2 aromatic rings. The van der Waals surface area contributed by atoms with Crippen LogP contribution in [0.5, 0.6) is 5.75 Å². The van der Waals surface area contributed by atoms with Gasteiger partial charge in [0.2, 0.25) is 0 Å². The van der Waals surface area contributed by atoms with Crippen molar-refractivity contribution >= 4 is 22.9 Å². The third kappa shape index (κ3) is 5.14. The molecule has 0 N–H and O–H groups in total. The molecule has 2 heterocycles. The topological polar surface area (TPSA) is 92.0 Å². The zero-order valence-corrected chi connectivity index (χ0v) is 22.2. The SMILES string of the molecule is CCc1cc(=O)c2ccc3c(c2o1)[C@@H](OC(=O)C1CCCCC1)[C@@H](OC(=O)C1CCCCC1)C(C)(C)O3. The predicted molar refractivity (Wildman–Crippen MR) is 138 cm³/mol. The Bertz CT molecular complexity index is 1210. The number of carbonyl (C=O) groups excluding carboxylic acids is 2. The van der Waals surface area contributed by atoms with E-state index in [9.17, 15) is 14.4 Å². The molecule has 1 aliphatic heterocycles. The highest BCUT2D eigenvalue weighted by atomic mass is 16.6. The first-order chi connectivity index (χ1) is 17.8. The van der Waals surface area contributed by atoms with E-state index < -0.39 is 17.8 Å². The highest BCUT2D eigenvalue weighted by Gasteiger charge is 2.51. The van der Waals surface area contributed by atoms with Gasteiger partial charge < -0.3 is 18.6 Å². The van der Waals surface area contributed by atoms with Crippen molar-refractivity contribution in [1.29, 1.82) is 0 Å². The molecule has 37 heavy (non-hydrogen) atoms. The highest BCUT2D eigenvalue weighted by Crippen LogP contribution is 2.47.